The second-order valence-electron chi connectivity index (χ2n) is 3.35. The van der Waals surface area contributed by atoms with Gasteiger partial charge >= 0.3 is 0 Å². The van der Waals surface area contributed by atoms with Gasteiger partial charge in [-0.25, -0.2) is 4.90 Å². The summed E-state index contributed by atoms with van der Waals surface area (Å²) in [4.78, 5) is 33.9. The first-order chi connectivity index (χ1) is 8.43. The van der Waals surface area contributed by atoms with Gasteiger partial charge in [0.25, 0.3) is 17.5 Å². The summed E-state index contributed by atoms with van der Waals surface area (Å²) < 4.78 is 0. The van der Waals surface area contributed by atoms with Crippen LogP contribution in [-0.2, 0) is 9.59 Å². The van der Waals surface area contributed by atoms with E-state index in [4.69, 9.17) is 23.2 Å². The van der Waals surface area contributed by atoms with Crippen LogP contribution in [0.1, 0.15) is 0 Å². The lowest BCUT2D eigenvalue weighted by Crippen LogP contribution is -2.30. The van der Waals surface area contributed by atoms with Crippen molar-refractivity contribution in [3.63, 3.8) is 0 Å². The predicted molar refractivity (Wildman–Crippen MR) is 64.3 cm³/mol. The summed E-state index contributed by atoms with van der Waals surface area (Å²) in [6.07, 6.45) is 0. The molecule has 0 unspecified atom stereocenters. The van der Waals surface area contributed by atoms with Gasteiger partial charge in [0.05, 0.1) is 10.6 Å². The van der Waals surface area contributed by atoms with Gasteiger partial charge in [0.15, 0.2) is 0 Å². The van der Waals surface area contributed by atoms with Crippen LogP contribution in [0, 0.1) is 10.1 Å². The minimum Gasteiger partial charge on any atom is -0.267 e. The van der Waals surface area contributed by atoms with E-state index in [1.807, 2.05) is 0 Å². The maximum atomic E-state index is 11.6. The van der Waals surface area contributed by atoms with E-state index in [1.165, 1.54) is 24.3 Å². The van der Waals surface area contributed by atoms with Crippen LogP contribution in [0.4, 0.5) is 11.4 Å². The Morgan fingerprint density at radius 3 is 1.83 bits per heavy atom. The molecule has 0 bridgehead atoms. The highest BCUT2D eigenvalue weighted by Gasteiger charge is 2.37. The number of non-ortho nitro benzene ring substituents is 1. The number of hydrogen-bond donors (Lipinski definition) is 0. The molecule has 0 radical (unpaired) electrons. The molecule has 1 aromatic carbocycles. The summed E-state index contributed by atoms with van der Waals surface area (Å²) in [5.74, 6) is -1.50. The number of halogens is 2. The molecule has 8 heteroatoms. The standard InChI is InChI=1S/C10H4Cl2N2O4/c11-7-8(12)10(16)13(9(7)15)5-1-3-6(4-2-5)14(17)18/h1-4H. The third kappa shape index (κ3) is 1.85. The highest BCUT2D eigenvalue weighted by Crippen LogP contribution is 2.31. The summed E-state index contributed by atoms with van der Waals surface area (Å²) in [6.45, 7) is 0. The van der Waals surface area contributed by atoms with E-state index in [2.05, 4.69) is 0 Å². The molecule has 1 aromatic rings. The number of carbonyl (C=O) groups excluding carboxylic acids is 2. The lowest BCUT2D eigenvalue weighted by Gasteiger charge is -2.13. The molecule has 1 aliphatic rings. The van der Waals surface area contributed by atoms with Crippen molar-refractivity contribution in [2.75, 3.05) is 4.90 Å². The first-order valence-electron chi connectivity index (χ1n) is 4.62. The van der Waals surface area contributed by atoms with Crippen molar-refractivity contribution in [1.82, 2.24) is 0 Å². The van der Waals surface area contributed by atoms with E-state index in [-0.39, 0.29) is 21.4 Å². The average molecular weight is 287 g/mol. The fourth-order valence-corrected chi connectivity index (χ4v) is 1.76. The third-order valence-corrected chi connectivity index (χ3v) is 3.09. The maximum Gasteiger partial charge on any atom is 0.278 e. The number of imide groups is 1. The average Bonchev–Trinajstić information content (AvgIpc) is 2.54. The van der Waals surface area contributed by atoms with E-state index in [1.54, 1.807) is 0 Å². The first kappa shape index (κ1) is 12.5. The molecule has 0 saturated heterocycles. The van der Waals surface area contributed by atoms with Crippen molar-refractivity contribution in [3.05, 3.63) is 44.4 Å². The van der Waals surface area contributed by atoms with Crippen LogP contribution in [-0.4, -0.2) is 16.7 Å². The lowest BCUT2D eigenvalue weighted by atomic mass is 10.2. The van der Waals surface area contributed by atoms with Gasteiger partial charge in [-0.05, 0) is 12.1 Å². The van der Waals surface area contributed by atoms with Crippen LogP contribution in [0.25, 0.3) is 0 Å². The zero-order valence-corrected chi connectivity index (χ0v) is 10.1. The molecule has 0 atom stereocenters. The lowest BCUT2D eigenvalue weighted by molar-refractivity contribution is -0.384. The van der Waals surface area contributed by atoms with E-state index < -0.39 is 16.7 Å². The molecule has 6 nitrogen and oxygen atoms in total. The number of rotatable bonds is 2. The highest BCUT2D eigenvalue weighted by atomic mass is 35.5. The first-order valence-corrected chi connectivity index (χ1v) is 5.37. The Hall–Kier alpha value is -1.92. The second kappa shape index (κ2) is 4.40. The second-order valence-corrected chi connectivity index (χ2v) is 4.10. The Morgan fingerprint density at radius 2 is 1.44 bits per heavy atom. The number of nitrogens with zero attached hydrogens (tertiary/aromatic N) is 2. The van der Waals surface area contributed by atoms with Crippen LogP contribution in [0.15, 0.2) is 34.3 Å². The fraction of sp³-hybridized carbons (Fsp3) is 0. The highest BCUT2D eigenvalue weighted by molar-refractivity contribution is 6.62. The van der Waals surface area contributed by atoms with Gasteiger partial charge < -0.3 is 0 Å². The van der Waals surface area contributed by atoms with E-state index in [0.717, 1.165) is 4.90 Å². The van der Waals surface area contributed by atoms with Crippen molar-refractivity contribution in [3.8, 4) is 0 Å². The number of benzene rings is 1. The molecule has 1 aliphatic heterocycles. The summed E-state index contributed by atoms with van der Waals surface area (Å²) in [5, 5.41) is 9.75. The van der Waals surface area contributed by atoms with Gasteiger partial charge in [0.1, 0.15) is 10.1 Å². The molecular formula is C10H4Cl2N2O4. The monoisotopic (exact) mass is 286 g/mol. The Bertz CT molecular complexity index is 570. The largest absolute Gasteiger partial charge is 0.278 e. The normalized spacial score (nSPS) is 15.6. The van der Waals surface area contributed by atoms with E-state index in [0.29, 0.717) is 0 Å². The van der Waals surface area contributed by atoms with Gasteiger partial charge in [-0.1, -0.05) is 23.2 Å². The Labute approximate surface area is 111 Å². The van der Waals surface area contributed by atoms with E-state index >= 15 is 0 Å². The molecule has 0 aromatic heterocycles. The van der Waals surface area contributed by atoms with Crippen LogP contribution < -0.4 is 4.90 Å². The van der Waals surface area contributed by atoms with Gasteiger partial charge in [-0.2, -0.15) is 0 Å². The molecule has 92 valence electrons. The van der Waals surface area contributed by atoms with Crippen molar-refractivity contribution < 1.29 is 14.5 Å². The van der Waals surface area contributed by atoms with Crippen molar-refractivity contribution in [2.24, 2.45) is 0 Å². The zero-order chi connectivity index (χ0) is 13.4. The minimum atomic E-state index is -0.750. The SMILES string of the molecule is O=C1C(Cl)=C(Cl)C(=O)N1c1ccc([N+](=O)[O-])cc1. The van der Waals surface area contributed by atoms with Gasteiger partial charge in [0, 0.05) is 12.1 Å². The third-order valence-electron chi connectivity index (χ3n) is 2.29. The fourth-order valence-electron chi connectivity index (χ4n) is 1.43. The van der Waals surface area contributed by atoms with Crippen LogP contribution in [0.3, 0.4) is 0 Å². The Balaban J connectivity index is 2.37. The Kier molecular flexibility index (Phi) is 3.06. The molecule has 1 heterocycles. The van der Waals surface area contributed by atoms with Crippen molar-refractivity contribution in [2.45, 2.75) is 0 Å². The topological polar surface area (TPSA) is 80.5 Å². The molecule has 0 spiro atoms. The molecule has 0 N–H and O–H groups in total. The van der Waals surface area contributed by atoms with Crippen molar-refractivity contribution >= 4 is 46.4 Å². The van der Waals surface area contributed by atoms with Crippen molar-refractivity contribution in [1.29, 1.82) is 0 Å². The van der Waals surface area contributed by atoms with Gasteiger partial charge in [-0.15, -0.1) is 0 Å². The van der Waals surface area contributed by atoms with Gasteiger partial charge in [0.2, 0.25) is 0 Å². The van der Waals surface area contributed by atoms with Gasteiger partial charge in [-0.3, -0.25) is 19.7 Å². The summed E-state index contributed by atoms with van der Waals surface area (Å²) >= 11 is 11.1. The quantitative estimate of drug-likeness (QED) is 0.474. The molecule has 0 fully saturated rings. The molecule has 0 aliphatic carbocycles. The molecule has 2 amide bonds. The summed E-state index contributed by atoms with van der Waals surface area (Å²) in [7, 11) is 0. The smallest absolute Gasteiger partial charge is 0.267 e. The number of nitro groups is 1. The number of hydrogen-bond acceptors (Lipinski definition) is 4. The minimum absolute atomic E-state index is 0.150. The van der Waals surface area contributed by atoms with Crippen LogP contribution in [0.5, 0.6) is 0 Å². The van der Waals surface area contributed by atoms with E-state index in [9.17, 15) is 19.7 Å². The summed E-state index contributed by atoms with van der Waals surface area (Å²) in [6, 6.07) is 4.90. The number of carbonyl (C=O) groups is 2. The Morgan fingerprint density at radius 1 is 1.00 bits per heavy atom. The maximum absolute atomic E-state index is 11.6. The zero-order valence-electron chi connectivity index (χ0n) is 8.59. The number of nitro benzene ring substituents is 1. The molecule has 18 heavy (non-hydrogen) atoms. The summed E-state index contributed by atoms with van der Waals surface area (Å²) in [5.41, 5.74) is 0.0207. The van der Waals surface area contributed by atoms with Crippen LogP contribution in [0.2, 0.25) is 0 Å². The van der Waals surface area contributed by atoms with Crippen LogP contribution >= 0.6 is 23.2 Å². The predicted octanol–water partition coefficient (Wildman–Crippen LogP) is 2.16. The number of anilines is 1. The molecule has 0 saturated carbocycles. The number of amides is 2. The molecule has 2 rings (SSSR count). The molecular weight excluding hydrogens is 283 g/mol.